The summed E-state index contributed by atoms with van der Waals surface area (Å²) in [6.45, 7) is 0. The molecule has 10 aromatic rings. The van der Waals surface area contributed by atoms with Crippen LogP contribution in [0.2, 0.25) is 0 Å². The lowest BCUT2D eigenvalue weighted by Crippen LogP contribution is -1.87. The molecule has 0 fully saturated rings. The quantitative estimate of drug-likeness (QED) is 0.201. The highest BCUT2D eigenvalue weighted by Gasteiger charge is 2.15. The lowest BCUT2D eigenvalue weighted by Gasteiger charge is -2.10. The molecule has 7 aromatic carbocycles. The summed E-state index contributed by atoms with van der Waals surface area (Å²) in [5.41, 5.74) is 11.0. The molecular weight excluding hydrogens is 581 g/mol. The van der Waals surface area contributed by atoms with Crippen LogP contribution >= 0.6 is 11.3 Å². The first-order valence-corrected chi connectivity index (χ1v) is 16.2. The van der Waals surface area contributed by atoms with Crippen LogP contribution in [0.15, 0.2) is 150 Å². The average molecular weight is 605 g/mol. The first-order valence-electron chi connectivity index (χ1n) is 15.4. The number of furan rings is 1. The van der Waals surface area contributed by atoms with Gasteiger partial charge in [-0.15, -0.1) is 11.3 Å². The molecular formula is C42H24N2OS. The fraction of sp³-hybridized carbons (Fsp3) is 0. The minimum atomic E-state index is 0.565. The van der Waals surface area contributed by atoms with E-state index < -0.39 is 0 Å². The van der Waals surface area contributed by atoms with E-state index in [-0.39, 0.29) is 0 Å². The van der Waals surface area contributed by atoms with Crippen LogP contribution in [0.1, 0.15) is 0 Å². The van der Waals surface area contributed by atoms with Crippen LogP contribution in [-0.2, 0) is 0 Å². The molecule has 0 spiro atoms. The van der Waals surface area contributed by atoms with Gasteiger partial charge in [-0.25, -0.2) is 9.97 Å². The van der Waals surface area contributed by atoms with Gasteiger partial charge in [0.15, 0.2) is 0 Å². The molecule has 3 aromatic heterocycles. The van der Waals surface area contributed by atoms with Crippen LogP contribution in [0.25, 0.3) is 97.6 Å². The van der Waals surface area contributed by atoms with Crippen molar-refractivity contribution in [1.29, 1.82) is 0 Å². The van der Waals surface area contributed by atoms with Crippen molar-refractivity contribution in [1.82, 2.24) is 9.97 Å². The van der Waals surface area contributed by atoms with Crippen LogP contribution in [0.3, 0.4) is 0 Å². The zero-order valence-electron chi connectivity index (χ0n) is 24.6. The molecule has 3 nitrogen and oxygen atoms in total. The maximum absolute atomic E-state index is 6.31. The van der Waals surface area contributed by atoms with E-state index in [1.54, 1.807) is 0 Å². The lowest BCUT2D eigenvalue weighted by atomic mass is 9.95. The third-order valence-corrected chi connectivity index (χ3v) is 10.3. The molecule has 0 unspecified atom stereocenters. The fourth-order valence-electron chi connectivity index (χ4n) is 6.82. The number of rotatable bonds is 3. The zero-order valence-corrected chi connectivity index (χ0v) is 25.4. The largest absolute Gasteiger partial charge is 0.436 e. The Bertz CT molecular complexity index is 2830. The van der Waals surface area contributed by atoms with Crippen molar-refractivity contribution in [3.05, 3.63) is 146 Å². The summed E-state index contributed by atoms with van der Waals surface area (Å²) in [7, 11) is 0. The first-order chi connectivity index (χ1) is 22.8. The third kappa shape index (κ3) is 3.91. The summed E-state index contributed by atoms with van der Waals surface area (Å²) in [6.07, 6.45) is 0. The smallest absolute Gasteiger partial charge is 0.246 e. The molecule has 0 saturated carbocycles. The summed E-state index contributed by atoms with van der Waals surface area (Å²) in [6, 6.07) is 51.7. The molecule has 0 radical (unpaired) electrons. The van der Waals surface area contributed by atoms with Gasteiger partial charge in [0, 0.05) is 30.9 Å². The highest BCUT2D eigenvalue weighted by Crippen LogP contribution is 2.41. The molecule has 46 heavy (non-hydrogen) atoms. The molecule has 0 saturated heterocycles. The van der Waals surface area contributed by atoms with Gasteiger partial charge >= 0.3 is 0 Å². The Kier molecular flexibility index (Phi) is 5.45. The molecule has 0 bridgehead atoms. The lowest BCUT2D eigenvalue weighted by molar-refractivity contribution is 0.658. The standard InChI is InChI=1S/C42H24N2OS/c1-2-13-31-25(8-1)18-20-35-39-42(45-40(31)35)44-37-24-29(19-21-36(37)43-39)27-10-5-9-26(22-27)28-11-6-12-30(23-28)32-15-7-16-34-33-14-3-4-17-38(33)46-41(32)34/h1-24H. The first kappa shape index (κ1) is 25.5. The van der Waals surface area contributed by atoms with E-state index in [1.807, 2.05) is 23.5 Å². The Labute approximate surface area is 268 Å². The summed E-state index contributed by atoms with van der Waals surface area (Å²) in [5.74, 6) is 0. The van der Waals surface area contributed by atoms with Gasteiger partial charge in [0.05, 0.1) is 11.0 Å². The minimum absolute atomic E-state index is 0.565. The predicted octanol–water partition coefficient (Wildman–Crippen LogP) is 12.1. The Morgan fingerprint density at radius 3 is 2.02 bits per heavy atom. The molecule has 0 amide bonds. The number of nitrogens with zero attached hydrogens (tertiary/aromatic N) is 2. The third-order valence-electron chi connectivity index (χ3n) is 9.07. The van der Waals surface area contributed by atoms with E-state index in [4.69, 9.17) is 14.4 Å². The summed E-state index contributed by atoms with van der Waals surface area (Å²) in [5, 5.41) is 5.85. The van der Waals surface area contributed by atoms with Crippen LogP contribution in [0, 0.1) is 0 Å². The van der Waals surface area contributed by atoms with Crippen LogP contribution in [0.4, 0.5) is 0 Å². The fourth-order valence-corrected chi connectivity index (χ4v) is 8.06. The van der Waals surface area contributed by atoms with E-state index >= 15 is 0 Å². The van der Waals surface area contributed by atoms with Crippen molar-refractivity contribution < 1.29 is 4.42 Å². The van der Waals surface area contributed by atoms with E-state index in [2.05, 4.69) is 133 Å². The maximum Gasteiger partial charge on any atom is 0.246 e. The normalized spacial score (nSPS) is 11.9. The van der Waals surface area contributed by atoms with E-state index in [9.17, 15) is 0 Å². The van der Waals surface area contributed by atoms with Crippen molar-refractivity contribution in [3.63, 3.8) is 0 Å². The van der Waals surface area contributed by atoms with Gasteiger partial charge in [0.2, 0.25) is 5.71 Å². The molecule has 0 aliphatic carbocycles. The SMILES string of the molecule is c1cc(-c2cccc(-c3cccc4c3sc3ccccc34)c2)cc(-c2ccc3nc4c(nc3c2)oc2c3ccccc3ccc42)c1. The summed E-state index contributed by atoms with van der Waals surface area (Å²) in [4.78, 5) is 9.94. The Hall–Kier alpha value is -5.84. The maximum atomic E-state index is 6.31. The number of thiophene rings is 1. The van der Waals surface area contributed by atoms with Crippen molar-refractivity contribution in [2.45, 2.75) is 0 Å². The van der Waals surface area contributed by atoms with Crippen LogP contribution in [0.5, 0.6) is 0 Å². The van der Waals surface area contributed by atoms with Crippen molar-refractivity contribution in [3.8, 4) is 33.4 Å². The Morgan fingerprint density at radius 1 is 0.457 bits per heavy atom. The minimum Gasteiger partial charge on any atom is -0.436 e. The summed E-state index contributed by atoms with van der Waals surface area (Å²) >= 11 is 1.87. The molecule has 0 atom stereocenters. The zero-order chi connectivity index (χ0) is 30.2. The second-order valence-corrected chi connectivity index (χ2v) is 12.8. The number of aromatic nitrogens is 2. The van der Waals surface area contributed by atoms with Crippen LogP contribution in [-0.4, -0.2) is 9.97 Å². The molecule has 10 rings (SSSR count). The van der Waals surface area contributed by atoms with Crippen molar-refractivity contribution in [2.75, 3.05) is 0 Å². The van der Waals surface area contributed by atoms with Gasteiger partial charge < -0.3 is 4.42 Å². The highest BCUT2D eigenvalue weighted by atomic mass is 32.1. The Balaban J connectivity index is 1.05. The van der Waals surface area contributed by atoms with Crippen molar-refractivity contribution in [2.24, 2.45) is 0 Å². The molecule has 0 N–H and O–H groups in total. The van der Waals surface area contributed by atoms with E-state index in [0.717, 1.165) is 49.4 Å². The summed E-state index contributed by atoms with van der Waals surface area (Å²) < 4.78 is 8.97. The van der Waals surface area contributed by atoms with Gasteiger partial charge in [-0.3, -0.25) is 0 Å². The monoisotopic (exact) mass is 604 g/mol. The molecule has 3 heterocycles. The second-order valence-electron chi connectivity index (χ2n) is 11.8. The molecule has 0 aliphatic rings. The predicted molar refractivity (Wildman–Crippen MR) is 194 cm³/mol. The van der Waals surface area contributed by atoms with Gasteiger partial charge in [-0.1, -0.05) is 109 Å². The van der Waals surface area contributed by atoms with Gasteiger partial charge in [0.1, 0.15) is 11.1 Å². The van der Waals surface area contributed by atoms with Gasteiger partial charge in [-0.05, 0) is 75.2 Å². The van der Waals surface area contributed by atoms with E-state index in [1.165, 1.54) is 42.4 Å². The van der Waals surface area contributed by atoms with Gasteiger partial charge in [0.25, 0.3) is 0 Å². The molecule has 0 aliphatic heterocycles. The van der Waals surface area contributed by atoms with Gasteiger partial charge in [-0.2, -0.15) is 0 Å². The van der Waals surface area contributed by atoms with E-state index in [0.29, 0.717) is 5.71 Å². The second kappa shape index (κ2) is 9.83. The number of benzene rings is 7. The molecule has 4 heteroatoms. The molecule has 214 valence electrons. The number of fused-ring (bicyclic) bond motifs is 9. The van der Waals surface area contributed by atoms with Crippen molar-refractivity contribution >= 4 is 75.5 Å². The van der Waals surface area contributed by atoms with Crippen LogP contribution < -0.4 is 0 Å². The average Bonchev–Trinajstić information content (AvgIpc) is 3.69. The number of hydrogen-bond donors (Lipinski definition) is 0. The number of hydrogen-bond acceptors (Lipinski definition) is 4. The highest BCUT2D eigenvalue weighted by molar-refractivity contribution is 7.26. The topological polar surface area (TPSA) is 38.9 Å². The Morgan fingerprint density at radius 2 is 1.15 bits per heavy atom.